The summed E-state index contributed by atoms with van der Waals surface area (Å²) in [7, 11) is -1.08. The molecule has 2 amide bonds. The van der Waals surface area contributed by atoms with Gasteiger partial charge in [-0.25, -0.2) is 8.42 Å². The van der Waals surface area contributed by atoms with E-state index in [9.17, 15) is 18.0 Å². The number of rotatable bonds is 8. The molecule has 1 aromatic carbocycles. The second kappa shape index (κ2) is 8.76. The summed E-state index contributed by atoms with van der Waals surface area (Å²) in [5.41, 5.74) is 0.313. The molecule has 8 nitrogen and oxygen atoms in total. The Morgan fingerprint density at radius 3 is 2.33 bits per heavy atom. The van der Waals surface area contributed by atoms with Gasteiger partial charge in [-0.3, -0.25) is 9.59 Å². The Bertz CT molecular complexity index is 673. The third kappa shape index (κ3) is 5.29. The second-order valence-electron chi connectivity index (χ2n) is 5.35. The van der Waals surface area contributed by atoms with Crippen LogP contribution in [0.5, 0.6) is 0 Å². The molecule has 0 saturated carbocycles. The molecule has 0 spiro atoms. The number of carbonyl (C=O) groups excluding carboxylic acids is 2. The molecule has 1 atom stereocenters. The first-order valence-corrected chi connectivity index (χ1v) is 8.85. The topological polar surface area (TPSA) is 116 Å². The molecule has 0 bridgehead atoms. The van der Waals surface area contributed by atoms with Crippen molar-refractivity contribution in [3.63, 3.8) is 0 Å². The monoisotopic (exact) mass is 357 g/mol. The van der Waals surface area contributed by atoms with E-state index >= 15 is 0 Å². The van der Waals surface area contributed by atoms with Crippen molar-refractivity contribution in [3.05, 3.63) is 29.8 Å². The Hall–Kier alpha value is -1.97. The summed E-state index contributed by atoms with van der Waals surface area (Å²) in [6, 6.07) is 5.26. The van der Waals surface area contributed by atoms with Gasteiger partial charge in [0.25, 0.3) is 5.91 Å². The molecule has 9 heteroatoms. The molecule has 0 aromatic heterocycles. The molecule has 134 valence electrons. The van der Waals surface area contributed by atoms with Gasteiger partial charge >= 0.3 is 0 Å². The van der Waals surface area contributed by atoms with E-state index in [1.165, 1.54) is 38.4 Å². The Morgan fingerprint density at radius 1 is 1.25 bits per heavy atom. The smallest absolute Gasteiger partial charge is 0.251 e. The lowest BCUT2D eigenvalue weighted by molar-refractivity contribution is -0.120. The van der Waals surface area contributed by atoms with E-state index in [4.69, 9.17) is 5.11 Å². The number of hydrogen-bond acceptors (Lipinski definition) is 5. The zero-order chi connectivity index (χ0) is 18.3. The van der Waals surface area contributed by atoms with Crippen LogP contribution in [0.4, 0.5) is 0 Å². The molecule has 0 saturated heterocycles. The van der Waals surface area contributed by atoms with Gasteiger partial charge in [0.1, 0.15) is 0 Å². The number of sulfonamides is 1. The maximum Gasteiger partial charge on any atom is 0.251 e. The van der Waals surface area contributed by atoms with Gasteiger partial charge in [-0.15, -0.1) is 0 Å². The molecular weight excluding hydrogens is 334 g/mol. The van der Waals surface area contributed by atoms with Crippen molar-refractivity contribution < 1.29 is 23.1 Å². The minimum atomic E-state index is -3.81. The Balaban J connectivity index is 2.86. The molecule has 0 unspecified atom stereocenters. The number of carbonyl (C=O) groups is 2. The highest BCUT2D eigenvalue weighted by atomic mass is 32.2. The molecule has 3 N–H and O–H groups in total. The van der Waals surface area contributed by atoms with Crippen LogP contribution >= 0.6 is 0 Å². The zero-order valence-electron chi connectivity index (χ0n) is 13.9. The van der Waals surface area contributed by atoms with Gasteiger partial charge in [-0.05, 0) is 37.6 Å². The molecule has 0 aliphatic rings. The van der Waals surface area contributed by atoms with Gasteiger partial charge < -0.3 is 15.7 Å². The second-order valence-corrected chi connectivity index (χ2v) is 7.39. The van der Waals surface area contributed by atoms with Crippen LogP contribution in [-0.4, -0.2) is 62.9 Å². The molecular formula is C15H23N3O5S. The molecule has 0 aliphatic heterocycles. The van der Waals surface area contributed by atoms with E-state index in [-0.39, 0.29) is 30.0 Å². The van der Waals surface area contributed by atoms with Crippen molar-refractivity contribution in [2.24, 2.45) is 0 Å². The third-order valence-corrected chi connectivity index (χ3v) is 5.23. The zero-order valence-corrected chi connectivity index (χ0v) is 14.8. The normalized spacial score (nSPS) is 12.7. The number of hydrogen-bond donors (Lipinski definition) is 3. The van der Waals surface area contributed by atoms with E-state index in [1.807, 2.05) is 0 Å². The average Bonchev–Trinajstić information content (AvgIpc) is 2.54. The first-order chi connectivity index (χ1) is 11.2. The van der Waals surface area contributed by atoms with E-state index in [1.54, 1.807) is 6.92 Å². The molecule has 0 heterocycles. The molecule has 1 rings (SSSR count). The van der Waals surface area contributed by atoms with E-state index in [2.05, 4.69) is 10.6 Å². The number of likely N-dealkylation sites (N-methyl/N-ethyl adjacent to an activating group) is 2. The van der Waals surface area contributed by atoms with Crippen LogP contribution in [-0.2, 0) is 14.8 Å². The lowest BCUT2D eigenvalue weighted by atomic mass is 10.2. The van der Waals surface area contributed by atoms with Crippen LogP contribution in [0, 0.1) is 0 Å². The number of aliphatic hydroxyl groups excluding tert-OH is 1. The fraction of sp³-hybridized carbons (Fsp3) is 0.467. The molecule has 0 aliphatic carbocycles. The molecule has 24 heavy (non-hydrogen) atoms. The van der Waals surface area contributed by atoms with Gasteiger partial charge in [0, 0.05) is 32.3 Å². The van der Waals surface area contributed by atoms with Crippen molar-refractivity contribution in [3.8, 4) is 0 Å². The van der Waals surface area contributed by atoms with Gasteiger partial charge in [0.05, 0.1) is 11.4 Å². The summed E-state index contributed by atoms with van der Waals surface area (Å²) in [6.45, 7) is 1.44. The summed E-state index contributed by atoms with van der Waals surface area (Å²) in [5, 5.41) is 13.9. The predicted octanol–water partition coefficient (Wildman–Crippen LogP) is -0.446. The number of nitrogens with one attached hydrogen (secondary N) is 2. The fourth-order valence-electron chi connectivity index (χ4n) is 1.90. The Kier molecular flexibility index (Phi) is 7.33. The number of benzene rings is 1. The standard InChI is InChI=1S/C15H23N3O5S/c1-11(8-9-19)17-15(21)12-4-6-13(7-5-12)24(22,23)18(3)10-14(20)16-2/h4-7,11,19H,8-10H2,1-3H3,(H,16,20)(H,17,21)/t11-/m0/s1. The van der Waals surface area contributed by atoms with E-state index < -0.39 is 15.9 Å². The predicted molar refractivity (Wildman–Crippen MR) is 89.0 cm³/mol. The third-order valence-electron chi connectivity index (χ3n) is 3.41. The fourth-order valence-corrected chi connectivity index (χ4v) is 3.02. The van der Waals surface area contributed by atoms with Crippen molar-refractivity contribution >= 4 is 21.8 Å². The van der Waals surface area contributed by atoms with Gasteiger partial charge in [-0.2, -0.15) is 4.31 Å². The lowest BCUT2D eigenvalue weighted by Crippen LogP contribution is -2.37. The summed E-state index contributed by atoms with van der Waals surface area (Å²) in [6.07, 6.45) is 0.433. The van der Waals surface area contributed by atoms with E-state index in [0.29, 0.717) is 12.0 Å². The summed E-state index contributed by atoms with van der Waals surface area (Å²) < 4.78 is 25.6. The Morgan fingerprint density at radius 2 is 1.83 bits per heavy atom. The number of aliphatic hydroxyl groups is 1. The number of amides is 2. The van der Waals surface area contributed by atoms with Gasteiger partial charge in [-0.1, -0.05) is 0 Å². The van der Waals surface area contributed by atoms with E-state index in [0.717, 1.165) is 4.31 Å². The van der Waals surface area contributed by atoms with Crippen molar-refractivity contribution in [1.82, 2.24) is 14.9 Å². The lowest BCUT2D eigenvalue weighted by Gasteiger charge is -2.16. The number of nitrogens with zero attached hydrogens (tertiary/aromatic N) is 1. The van der Waals surface area contributed by atoms with Crippen LogP contribution in [0.25, 0.3) is 0 Å². The largest absolute Gasteiger partial charge is 0.396 e. The van der Waals surface area contributed by atoms with Crippen LogP contribution < -0.4 is 10.6 Å². The van der Waals surface area contributed by atoms with Crippen LogP contribution in [0.2, 0.25) is 0 Å². The molecule has 0 radical (unpaired) electrons. The van der Waals surface area contributed by atoms with Crippen molar-refractivity contribution in [2.45, 2.75) is 24.3 Å². The van der Waals surface area contributed by atoms with Gasteiger partial charge in [0.2, 0.25) is 15.9 Å². The summed E-state index contributed by atoms with van der Waals surface area (Å²) >= 11 is 0. The van der Waals surface area contributed by atoms with Crippen LogP contribution in [0.3, 0.4) is 0 Å². The first kappa shape index (κ1) is 20.1. The maximum absolute atomic E-state index is 12.3. The maximum atomic E-state index is 12.3. The highest BCUT2D eigenvalue weighted by Gasteiger charge is 2.23. The highest BCUT2D eigenvalue weighted by Crippen LogP contribution is 2.15. The Labute approximate surface area is 141 Å². The quantitative estimate of drug-likeness (QED) is 0.583. The highest BCUT2D eigenvalue weighted by molar-refractivity contribution is 7.89. The van der Waals surface area contributed by atoms with Crippen molar-refractivity contribution in [2.75, 3.05) is 27.2 Å². The van der Waals surface area contributed by atoms with Crippen LogP contribution in [0.15, 0.2) is 29.2 Å². The van der Waals surface area contributed by atoms with Crippen molar-refractivity contribution in [1.29, 1.82) is 0 Å². The van der Waals surface area contributed by atoms with Gasteiger partial charge in [0.15, 0.2) is 0 Å². The SMILES string of the molecule is CNC(=O)CN(C)S(=O)(=O)c1ccc(C(=O)N[C@@H](C)CCO)cc1. The molecule has 0 fully saturated rings. The minimum absolute atomic E-state index is 0.00569. The molecule has 1 aromatic rings. The summed E-state index contributed by atoms with van der Waals surface area (Å²) in [4.78, 5) is 23.3. The average molecular weight is 357 g/mol. The first-order valence-electron chi connectivity index (χ1n) is 7.41. The van der Waals surface area contributed by atoms with Crippen LogP contribution in [0.1, 0.15) is 23.7 Å². The summed E-state index contributed by atoms with van der Waals surface area (Å²) in [5.74, 6) is -0.770. The minimum Gasteiger partial charge on any atom is -0.396 e.